The van der Waals surface area contributed by atoms with Crippen LogP contribution in [0.1, 0.15) is 16.1 Å². The molecular formula is C21H20N2O3S. The highest BCUT2D eigenvalue weighted by molar-refractivity contribution is 7.99. The molecule has 1 heterocycles. The highest BCUT2D eigenvalue weighted by Crippen LogP contribution is 2.17. The largest absolute Gasteiger partial charge is 0.451 e. The molecule has 138 valence electrons. The van der Waals surface area contributed by atoms with Crippen molar-refractivity contribution < 1.29 is 14.3 Å². The molecule has 0 unspecified atom stereocenters. The fourth-order valence-electron chi connectivity index (χ4n) is 2.43. The second-order valence-corrected chi connectivity index (χ2v) is 7.15. The molecule has 1 N–H and O–H groups in total. The smallest absolute Gasteiger partial charge is 0.357 e. The zero-order valence-corrected chi connectivity index (χ0v) is 15.8. The Hall–Kier alpha value is -2.86. The van der Waals surface area contributed by atoms with Gasteiger partial charge in [0.1, 0.15) is 5.69 Å². The van der Waals surface area contributed by atoms with Crippen LogP contribution in [0.3, 0.4) is 0 Å². The van der Waals surface area contributed by atoms with Gasteiger partial charge in [-0.3, -0.25) is 4.79 Å². The van der Waals surface area contributed by atoms with Crippen molar-refractivity contribution in [1.82, 2.24) is 10.3 Å². The van der Waals surface area contributed by atoms with Crippen molar-refractivity contribution in [3.05, 3.63) is 71.9 Å². The maximum Gasteiger partial charge on any atom is 0.357 e. The van der Waals surface area contributed by atoms with Crippen molar-refractivity contribution in [1.29, 1.82) is 0 Å². The summed E-state index contributed by atoms with van der Waals surface area (Å²) in [5.74, 6) is -0.187. The van der Waals surface area contributed by atoms with Gasteiger partial charge in [0.25, 0.3) is 5.91 Å². The number of hydrogen-bond donors (Lipinski definition) is 1. The van der Waals surface area contributed by atoms with Crippen molar-refractivity contribution in [2.24, 2.45) is 0 Å². The Balaban J connectivity index is 1.40. The van der Waals surface area contributed by atoms with Crippen molar-refractivity contribution in [2.75, 3.05) is 18.9 Å². The van der Waals surface area contributed by atoms with E-state index in [1.807, 2.05) is 31.2 Å². The SMILES string of the molecule is Cc1ccc(SCCNC(=O)COC(=O)c2ccc3ccccc3n2)cc1. The van der Waals surface area contributed by atoms with Crippen molar-refractivity contribution in [3.63, 3.8) is 0 Å². The molecule has 0 atom stereocenters. The van der Waals surface area contributed by atoms with Crippen molar-refractivity contribution >= 4 is 34.5 Å². The number of pyridine rings is 1. The number of para-hydroxylation sites is 1. The normalized spacial score (nSPS) is 10.6. The molecule has 0 spiro atoms. The first-order valence-corrected chi connectivity index (χ1v) is 9.59. The van der Waals surface area contributed by atoms with Crippen LogP contribution in [0.4, 0.5) is 0 Å². The maximum atomic E-state index is 12.1. The summed E-state index contributed by atoms with van der Waals surface area (Å²) in [6.07, 6.45) is 0. The predicted octanol–water partition coefficient (Wildman–Crippen LogP) is 3.61. The number of carbonyl (C=O) groups is 2. The maximum absolute atomic E-state index is 12.1. The molecule has 0 fully saturated rings. The lowest BCUT2D eigenvalue weighted by molar-refractivity contribution is -0.124. The molecule has 0 bridgehead atoms. The molecule has 0 aliphatic rings. The average Bonchev–Trinajstić information content (AvgIpc) is 2.70. The van der Waals surface area contributed by atoms with Gasteiger partial charge in [-0.15, -0.1) is 11.8 Å². The highest BCUT2D eigenvalue weighted by atomic mass is 32.2. The Morgan fingerprint density at radius 1 is 1.04 bits per heavy atom. The topological polar surface area (TPSA) is 68.3 Å². The minimum Gasteiger partial charge on any atom is -0.451 e. The number of benzene rings is 2. The highest BCUT2D eigenvalue weighted by Gasteiger charge is 2.12. The van der Waals surface area contributed by atoms with Gasteiger partial charge in [0.05, 0.1) is 5.52 Å². The zero-order chi connectivity index (χ0) is 19.1. The van der Waals surface area contributed by atoms with Gasteiger partial charge in [-0.25, -0.2) is 9.78 Å². The molecule has 0 radical (unpaired) electrons. The van der Waals surface area contributed by atoms with Crippen LogP contribution in [0.15, 0.2) is 65.6 Å². The van der Waals surface area contributed by atoms with E-state index in [-0.39, 0.29) is 18.2 Å². The van der Waals surface area contributed by atoms with Crippen LogP contribution in [0.2, 0.25) is 0 Å². The van der Waals surface area contributed by atoms with Gasteiger partial charge < -0.3 is 10.1 Å². The first kappa shape index (κ1) is 18.9. The molecule has 1 amide bonds. The molecule has 1 aromatic heterocycles. The molecule has 0 saturated heterocycles. The van der Waals surface area contributed by atoms with Crippen LogP contribution in [0.25, 0.3) is 10.9 Å². The van der Waals surface area contributed by atoms with E-state index >= 15 is 0 Å². The van der Waals surface area contributed by atoms with Crippen molar-refractivity contribution in [3.8, 4) is 0 Å². The molecule has 0 aliphatic carbocycles. The number of amides is 1. The Morgan fingerprint density at radius 2 is 1.81 bits per heavy atom. The fraction of sp³-hybridized carbons (Fsp3) is 0.190. The lowest BCUT2D eigenvalue weighted by atomic mass is 10.2. The number of nitrogens with zero attached hydrogens (tertiary/aromatic N) is 1. The third kappa shape index (κ3) is 5.56. The number of aryl methyl sites for hydroxylation is 1. The Labute approximate surface area is 162 Å². The van der Waals surface area contributed by atoms with Gasteiger partial charge in [0, 0.05) is 22.6 Å². The number of fused-ring (bicyclic) bond motifs is 1. The Morgan fingerprint density at radius 3 is 2.63 bits per heavy atom. The minimum atomic E-state index is -0.607. The summed E-state index contributed by atoms with van der Waals surface area (Å²) in [4.78, 5) is 29.3. The number of aromatic nitrogens is 1. The van der Waals surface area contributed by atoms with Gasteiger partial charge in [-0.1, -0.05) is 42.0 Å². The number of ether oxygens (including phenoxy) is 1. The molecule has 5 nitrogen and oxygen atoms in total. The average molecular weight is 380 g/mol. The van der Waals surface area contributed by atoms with Crippen LogP contribution >= 0.6 is 11.8 Å². The molecule has 2 aromatic carbocycles. The van der Waals surface area contributed by atoms with Crippen LogP contribution in [-0.2, 0) is 9.53 Å². The van der Waals surface area contributed by atoms with Crippen LogP contribution in [-0.4, -0.2) is 35.8 Å². The predicted molar refractivity (Wildman–Crippen MR) is 107 cm³/mol. The van der Waals surface area contributed by atoms with E-state index in [0.717, 1.165) is 16.0 Å². The third-order valence-electron chi connectivity index (χ3n) is 3.86. The van der Waals surface area contributed by atoms with E-state index in [0.29, 0.717) is 12.1 Å². The molecule has 6 heteroatoms. The second kappa shape index (κ2) is 9.19. The number of esters is 1. The molecule has 3 aromatic rings. The number of hydrogen-bond acceptors (Lipinski definition) is 5. The number of carbonyl (C=O) groups excluding carboxylic acids is 2. The summed E-state index contributed by atoms with van der Waals surface area (Å²) >= 11 is 1.66. The van der Waals surface area contributed by atoms with E-state index in [4.69, 9.17) is 4.74 Å². The molecule has 0 saturated carbocycles. The van der Waals surface area contributed by atoms with E-state index < -0.39 is 5.97 Å². The van der Waals surface area contributed by atoms with Crippen molar-refractivity contribution in [2.45, 2.75) is 11.8 Å². The van der Waals surface area contributed by atoms with Crippen LogP contribution in [0, 0.1) is 6.92 Å². The third-order valence-corrected chi connectivity index (χ3v) is 4.87. The molecule has 0 aliphatic heterocycles. The van der Waals surface area contributed by atoms with Crippen LogP contribution in [0.5, 0.6) is 0 Å². The molecule has 3 rings (SSSR count). The number of rotatable bonds is 7. The lowest BCUT2D eigenvalue weighted by Gasteiger charge is -2.07. The summed E-state index contributed by atoms with van der Waals surface area (Å²) < 4.78 is 5.05. The first-order chi connectivity index (χ1) is 13.1. The quantitative estimate of drug-likeness (QED) is 0.385. The van der Waals surface area contributed by atoms with Gasteiger partial charge >= 0.3 is 5.97 Å². The molecular weight excluding hydrogens is 360 g/mol. The summed E-state index contributed by atoms with van der Waals surface area (Å²) in [7, 11) is 0. The monoisotopic (exact) mass is 380 g/mol. The van der Waals surface area contributed by atoms with Crippen LogP contribution < -0.4 is 5.32 Å². The summed E-state index contributed by atoms with van der Waals surface area (Å²) in [6, 6.07) is 19.1. The van der Waals surface area contributed by atoms with Gasteiger partial charge in [-0.05, 0) is 31.2 Å². The van der Waals surface area contributed by atoms with E-state index in [2.05, 4.69) is 34.6 Å². The van der Waals surface area contributed by atoms with E-state index in [9.17, 15) is 9.59 Å². The number of thioether (sulfide) groups is 1. The molecule has 27 heavy (non-hydrogen) atoms. The van der Waals surface area contributed by atoms with Gasteiger partial charge in [-0.2, -0.15) is 0 Å². The Kier molecular flexibility index (Phi) is 6.44. The summed E-state index contributed by atoms with van der Waals surface area (Å²) in [5.41, 5.74) is 2.12. The first-order valence-electron chi connectivity index (χ1n) is 8.61. The summed E-state index contributed by atoms with van der Waals surface area (Å²) in [6.45, 7) is 2.23. The fourth-order valence-corrected chi connectivity index (χ4v) is 3.20. The number of nitrogens with one attached hydrogen (secondary N) is 1. The van der Waals surface area contributed by atoms with Gasteiger partial charge in [0.2, 0.25) is 0 Å². The standard InChI is InChI=1S/C21H20N2O3S/c1-15-6-9-17(10-7-15)27-13-12-22-20(24)14-26-21(25)19-11-8-16-4-2-3-5-18(16)23-19/h2-11H,12-14H2,1H3,(H,22,24). The second-order valence-electron chi connectivity index (χ2n) is 5.98. The van der Waals surface area contributed by atoms with E-state index in [1.165, 1.54) is 5.56 Å². The zero-order valence-electron chi connectivity index (χ0n) is 15.0. The summed E-state index contributed by atoms with van der Waals surface area (Å²) in [5, 5.41) is 3.69. The lowest BCUT2D eigenvalue weighted by Crippen LogP contribution is -2.30. The Bertz CT molecular complexity index is 942. The minimum absolute atomic E-state index is 0.191. The van der Waals surface area contributed by atoms with E-state index in [1.54, 1.807) is 23.9 Å². The van der Waals surface area contributed by atoms with Gasteiger partial charge in [0.15, 0.2) is 6.61 Å².